The molecule has 18 heteroatoms. The summed E-state index contributed by atoms with van der Waals surface area (Å²) >= 11 is 0. The average Bonchev–Trinajstić information content (AvgIpc) is 3.13. The lowest BCUT2D eigenvalue weighted by molar-refractivity contribution is 0.217. The fraction of sp³-hybridized carbons (Fsp3) is 0.176. The van der Waals surface area contributed by atoms with Gasteiger partial charge < -0.3 is 35.5 Å². The Morgan fingerprint density at radius 1 is 0.731 bits per heavy atom. The van der Waals surface area contributed by atoms with Crippen molar-refractivity contribution in [1.82, 2.24) is 4.31 Å². The van der Waals surface area contributed by atoms with Crippen LogP contribution >= 0.6 is 0 Å². The van der Waals surface area contributed by atoms with Crippen LogP contribution in [0, 0.1) is 0 Å². The Balaban J connectivity index is 1.41. The number of aliphatic hydroxyl groups is 2. The summed E-state index contributed by atoms with van der Waals surface area (Å²) in [4.78, 5) is -0.701. The topological polar surface area (TPSA) is 232 Å². The molecule has 16 nitrogen and oxygen atoms in total. The molecule has 0 spiro atoms. The number of sulfonamides is 1. The normalized spacial score (nSPS) is 12.0. The zero-order valence-electron chi connectivity index (χ0n) is 27.9. The number of aromatic hydroxyl groups is 1. The van der Waals surface area contributed by atoms with E-state index in [1.165, 1.54) is 56.7 Å². The van der Waals surface area contributed by atoms with E-state index in [1.807, 2.05) is 30.3 Å². The first-order valence-corrected chi connectivity index (χ1v) is 18.4. The van der Waals surface area contributed by atoms with E-state index in [0.717, 1.165) is 9.99 Å². The van der Waals surface area contributed by atoms with Gasteiger partial charge in [0, 0.05) is 42.0 Å². The number of aliphatic hydroxyl groups excluding tert-OH is 2. The predicted molar refractivity (Wildman–Crippen MR) is 195 cm³/mol. The number of hydrazine groups is 1. The summed E-state index contributed by atoms with van der Waals surface area (Å²) in [5.74, 6) is -0.128. The zero-order chi connectivity index (χ0) is 37.5. The largest absolute Gasteiger partial charge is 0.505 e. The van der Waals surface area contributed by atoms with Crippen LogP contribution in [0.1, 0.15) is 0 Å². The number of fused-ring (bicyclic) bond motifs is 1. The molecule has 0 aliphatic heterocycles. The fourth-order valence-corrected chi connectivity index (χ4v) is 7.23. The molecule has 0 bridgehead atoms. The van der Waals surface area contributed by atoms with Gasteiger partial charge in [-0.1, -0.05) is 18.2 Å². The number of para-hydroxylation sites is 1. The molecular formula is C34H36N6O10S2. The van der Waals surface area contributed by atoms with Crippen molar-refractivity contribution in [2.75, 3.05) is 56.7 Å². The molecule has 0 radical (unpaired) electrons. The van der Waals surface area contributed by atoms with Crippen LogP contribution in [-0.4, -0.2) is 81.5 Å². The second kappa shape index (κ2) is 16.2. The number of phenolic OH excluding ortho intramolecular Hbond substituents is 1. The average molecular weight is 753 g/mol. The minimum Gasteiger partial charge on any atom is -0.505 e. The molecule has 0 aliphatic rings. The van der Waals surface area contributed by atoms with Crippen molar-refractivity contribution in [2.45, 2.75) is 9.79 Å². The molecule has 0 saturated heterocycles. The molecule has 5 aromatic carbocycles. The Morgan fingerprint density at radius 3 is 2.00 bits per heavy atom. The summed E-state index contributed by atoms with van der Waals surface area (Å²) in [6.07, 6.45) is 0. The number of benzene rings is 5. The number of nitrogens with one attached hydrogen (secondary N) is 3. The highest BCUT2D eigenvalue weighted by atomic mass is 32.2. The molecule has 0 aromatic heterocycles. The van der Waals surface area contributed by atoms with Crippen LogP contribution in [0.15, 0.2) is 111 Å². The molecule has 0 heterocycles. The molecule has 0 amide bonds. The number of nitrogens with zero attached hydrogens (tertiary/aromatic N) is 3. The van der Waals surface area contributed by atoms with Gasteiger partial charge in [-0.05, 0) is 66.0 Å². The lowest BCUT2D eigenvalue weighted by Gasteiger charge is -2.20. The van der Waals surface area contributed by atoms with Crippen LogP contribution in [0.25, 0.3) is 10.8 Å². The number of phenols is 1. The Kier molecular flexibility index (Phi) is 11.8. The Labute approximate surface area is 299 Å². The van der Waals surface area contributed by atoms with Crippen molar-refractivity contribution < 1.29 is 46.2 Å². The summed E-state index contributed by atoms with van der Waals surface area (Å²) in [6.45, 7) is -1.14. The smallest absolute Gasteiger partial charge is 0.296 e. The van der Waals surface area contributed by atoms with E-state index in [1.54, 1.807) is 18.2 Å². The minimum absolute atomic E-state index is 0.0339. The number of hydrogen-bond acceptors (Lipinski definition) is 14. The van der Waals surface area contributed by atoms with Gasteiger partial charge >= 0.3 is 0 Å². The van der Waals surface area contributed by atoms with E-state index in [-0.39, 0.29) is 40.6 Å². The molecule has 0 saturated carbocycles. The summed E-state index contributed by atoms with van der Waals surface area (Å²) in [7, 11) is -6.07. The van der Waals surface area contributed by atoms with E-state index in [9.17, 15) is 36.7 Å². The Hall–Kier alpha value is -5.50. The highest BCUT2D eigenvalue weighted by Crippen LogP contribution is 2.44. The maximum atomic E-state index is 12.9. The molecule has 5 rings (SSSR count). The van der Waals surface area contributed by atoms with Gasteiger partial charge in [0.25, 0.3) is 10.1 Å². The molecule has 0 atom stereocenters. The van der Waals surface area contributed by atoms with Crippen molar-refractivity contribution in [2.24, 2.45) is 10.2 Å². The van der Waals surface area contributed by atoms with E-state index < -0.39 is 49.7 Å². The third-order valence-electron chi connectivity index (χ3n) is 7.68. The van der Waals surface area contributed by atoms with Gasteiger partial charge in [-0.2, -0.15) is 12.7 Å². The van der Waals surface area contributed by atoms with Crippen LogP contribution in [0.3, 0.4) is 0 Å². The van der Waals surface area contributed by atoms with E-state index in [2.05, 4.69) is 26.4 Å². The first-order valence-electron chi connectivity index (χ1n) is 15.5. The Morgan fingerprint density at radius 2 is 1.38 bits per heavy atom. The van der Waals surface area contributed by atoms with Gasteiger partial charge in [0.05, 0.1) is 43.7 Å². The molecule has 7 N–H and O–H groups in total. The fourth-order valence-electron chi connectivity index (χ4n) is 5.15. The van der Waals surface area contributed by atoms with Crippen LogP contribution in [0.4, 0.5) is 34.1 Å². The number of azo groups is 1. The SMILES string of the molecule is COc1cc(NNc2ccc(S(=O)(=O)N(CCO)CCO)cc2)c(OC)cc1/N=N/c1c(S(=O)(=O)O)cc2cc(Nc3ccccc3)ccc2c1O. The summed E-state index contributed by atoms with van der Waals surface area (Å²) < 4.78 is 72.8. The number of rotatable bonds is 16. The van der Waals surface area contributed by atoms with Crippen molar-refractivity contribution in [3.8, 4) is 17.2 Å². The maximum absolute atomic E-state index is 12.9. The molecular weight excluding hydrogens is 717 g/mol. The molecule has 0 fully saturated rings. The Bertz CT molecular complexity index is 2280. The first-order chi connectivity index (χ1) is 24.9. The highest BCUT2D eigenvalue weighted by Gasteiger charge is 2.24. The summed E-state index contributed by atoms with van der Waals surface area (Å²) in [6, 6.07) is 24.0. The van der Waals surface area contributed by atoms with Crippen molar-refractivity contribution in [1.29, 1.82) is 0 Å². The molecule has 0 aliphatic carbocycles. The molecule has 5 aromatic rings. The number of ether oxygens (including phenoxy) is 2. The van der Waals surface area contributed by atoms with E-state index >= 15 is 0 Å². The van der Waals surface area contributed by atoms with Crippen LogP contribution in [0.2, 0.25) is 0 Å². The maximum Gasteiger partial charge on any atom is 0.296 e. The molecule has 274 valence electrons. The second-order valence-corrected chi connectivity index (χ2v) is 14.4. The van der Waals surface area contributed by atoms with Gasteiger partial charge in [0.1, 0.15) is 27.8 Å². The number of methoxy groups -OCH3 is 2. The zero-order valence-corrected chi connectivity index (χ0v) is 29.5. The van der Waals surface area contributed by atoms with Gasteiger partial charge in [-0.3, -0.25) is 9.98 Å². The minimum atomic E-state index is -4.88. The molecule has 0 unspecified atom stereocenters. The summed E-state index contributed by atoms with van der Waals surface area (Å²) in [5, 5.41) is 41.5. The number of anilines is 4. The molecule has 52 heavy (non-hydrogen) atoms. The standard InChI is InChI=1S/C34H36N6O10S2/c1-49-30-21-29(31(50-2)20-28(30)37-36-24-8-11-26(12-9-24)51(44,45)40(14-16-41)15-17-42)38-39-33-32(52(46,47)48)19-22-18-25(10-13-27(22)34(33)43)35-23-6-4-3-5-7-23/h3-13,18-21,35-37,41-43H,14-17H2,1-2H3,(H,46,47,48)/b39-38+. The van der Waals surface area contributed by atoms with Gasteiger partial charge in [0.15, 0.2) is 5.75 Å². The third-order valence-corrected chi connectivity index (χ3v) is 10.5. The second-order valence-electron chi connectivity index (χ2n) is 11.0. The quantitative estimate of drug-likeness (QED) is 0.0382. The monoisotopic (exact) mass is 752 g/mol. The highest BCUT2D eigenvalue weighted by molar-refractivity contribution is 7.89. The summed E-state index contributed by atoms with van der Waals surface area (Å²) in [5.41, 5.74) is 7.68. The van der Waals surface area contributed by atoms with Crippen LogP contribution in [0.5, 0.6) is 17.2 Å². The number of hydrogen-bond donors (Lipinski definition) is 7. The van der Waals surface area contributed by atoms with Crippen molar-refractivity contribution >= 4 is 65.0 Å². The van der Waals surface area contributed by atoms with Crippen molar-refractivity contribution in [3.05, 3.63) is 91.0 Å². The lowest BCUT2D eigenvalue weighted by atomic mass is 10.1. The lowest BCUT2D eigenvalue weighted by Crippen LogP contribution is -2.35. The van der Waals surface area contributed by atoms with E-state index in [0.29, 0.717) is 22.4 Å². The van der Waals surface area contributed by atoms with E-state index in [4.69, 9.17) is 9.47 Å². The van der Waals surface area contributed by atoms with Crippen LogP contribution < -0.4 is 25.6 Å². The third kappa shape index (κ3) is 8.51. The predicted octanol–water partition coefficient (Wildman–Crippen LogP) is 5.38. The van der Waals surface area contributed by atoms with Crippen molar-refractivity contribution in [3.63, 3.8) is 0 Å². The van der Waals surface area contributed by atoms with Gasteiger partial charge in [-0.25, -0.2) is 8.42 Å². The van der Waals surface area contributed by atoms with Gasteiger partial charge in [-0.15, -0.1) is 10.2 Å². The van der Waals surface area contributed by atoms with Crippen LogP contribution in [-0.2, 0) is 20.1 Å². The first kappa shape index (κ1) is 37.7. The van der Waals surface area contributed by atoms with Gasteiger partial charge in [0.2, 0.25) is 10.0 Å².